The number of primary amides is 1. The third kappa shape index (κ3) is 4.57. The van der Waals surface area contributed by atoms with Crippen molar-refractivity contribution in [2.45, 2.75) is 17.4 Å². The zero-order valence-corrected chi connectivity index (χ0v) is 15.3. The molecule has 1 aromatic heterocycles. The van der Waals surface area contributed by atoms with Crippen molar-refractivity contribution in [3.05, 3.63) is 72.4 Å². The summed E-state index contributed by atoms with van der Waals surface area (Å²) in [6.45, 7) is 0. The average Bonchev–Trinajstić information content (AvgIpc) is 2.70. The van der Waals surface area contributed by atoms with Crippen LogP contribution in [-0.4, -0.2) is 32.8 Å². The molecule has 27 heavy (non-hydrogen) atoms. The Morgan fingerprint density at radius 2 is 1.74 bits per heavy atom. The molecule has 6 nitrogen and oxygen atoms in total. The molecule has 0 unspecified atom stereocenters. The Bertz CT molecular complexity index is 987. The van der Waals surface area contributed by atoms with Crippen LogP contribution >= 0.6 is 0 Å². The fourth-order valence-corrected chi connectivity index (χ4v) is 3.88. The van der Waals surface area contributed by atoms with Crippen LogP contribution in [0.4, 0.5) is 0 Å². The number of benzene rings is 2. The zero-order valence-electron chi connectivity index (χ0n) is 14.5. The van der Waals surface area contributed by atoms with Gasteiger partial charge in [-0.3, -0.25) is 18.8 Å². The summed E-state index contributed by atoms with van der Waals surface area (Å²) >= 11 is 0. The van der Waals surface area contributed by atoms with E-state index >= 15 is 0 Å². The van der Waals surface area contributed by atoms with Crippen molar-refractivity contribution in [2.75, 3.05) is 5.75 Å². The maximum atomic E-state index is 12.7. The number of hydrogen-bond acceptors (Lipinski definition) is 4. The first kappa shape index (κ1) is 18.7. The van der Waals surface area contributed by atoms with Crippen molar-refractivity contribution in [1.82, 2.24) is 10.3 Å². The Balaban J connectivity index is 1.71. The molecule has 3 rings (SSSR count). The van der Waals surface area contributed by atoms with E-state index in [0.29, 0.717) is 21.4 Å². The molecule has 0 radical (unpaired) electrons. The number of fused-ring (bicyclic) bond motifs is 1. The van der Waals surface area contributed by atoms with Gasteiger partial charge >= 0.3 is 0 Å². The van der Waals surface area contributed by atoms with Crippen LogP contribution in [0.15, 0.2) is 71.8 Å². The monoisotopic (exact) mass is 381 g/mol. The molecule has 2 aromatic carbocycles. The molecule has 2 amide bonds. The summed E-state index contributed by atoms with van der Waals surface area (Å²) < 4.78 is 12.3. The standard InChI is InChI=1S/C20H19N3O3S/c21-19(24)18(11-13-27(26)14-6-2-1-3-7-14)23-20(25)16-10-12-22-17-9-5-4-8-15(16)17/h1-10,12,18H,11,13H2,(H2,21,24)(H,23,25)/t18-,27+/m1/s1. The van der Waals surface area contributed by atoms with Gasteiger partial charge in [-0.05, 0) is 30.7 Å². The number of pyridine rings is 1. The Morgan fingerprint density at radius 1 is 1.04 bits per heavy atom. The van der Waals surface area contributed by atoms with Crippen molar-refractivity contribution in [3.8, 4) is 0 Å². The van der Waals surface area contributed by atoms with Crippen LogP contribution in [-0.2, 0) is 15.6 Å². The fraction of sp³-hybridized carbons (Fsp3) is 0.150. The number of nitrogens with zero attached hydrogens (tertiary/aromatic N) is 1. The minimum atomic E-state index is -1.27. The van der Waals surface area contributed by atoms with Gasteiger partial charge in [0.1, 0.15) is 6.04 Å². The second-order valence-electron chi connectivity index (χ2n) is 5.96. The minimum Gasteiger partial charge on any atom is -0.368 e. The number of nitrogens with one attached hydrogen (secondary N) is 1. The van der Waals surface area contributed by atoms with Crippen LogP contribution in [0, 0.1) is 0 Å². The number of nitrogens with two attached hydrogens (primary N) is 1. The number of hydrogen-bond donors (Lipinski definition) is 2. The molecule has 0 fully saturated rings. The summed E-state index contributed by atoms with van der Waals surface area (Å²) in [5, 5.41) is 3.34. The molecule has 0 aliphatic carbocycles. The summed E-state index contributed by atoms with van der Waals surface area (Å²) in [4.78, 5) is 29.3. The molecule has 138 valence electrons. The van der Waals surface area contributed by atoms with Crippen LogP contribution in [0.5, 0.6) is 0 Å². The third-order valence-corrected chi connectivity index (χ3v) is 5.54. The smallest absolute Gasteiger partial charge is 0.252 e. The highest BCUT2D eigenvalue weighted by Gasteiger charge is 2.21. The molecule has 2 atom stereocenters. The molecule has 0 aliphatic heterocycles. The predicted octanol–water partition coefficient (Wildman–Crippen LogP) is 2.02. The van der Waals surface area contributed by atoms with Crippen molar-refractivity contribution in [2.24, 2.45) is 5.73 Å². The lowest BCUT2D eigenvalue weighted by Crippen LogP contribution is -2.45. The first-order valence-electron chi connectivity index (χ1n) is 8.43. The second-order valence-corrected chi connectivity index (χ2v) is 7.53. The van der Waals surface area contributed by atoms with Crippen LogP contribution in [0.3, 0.4) is 0 Å². The summed E-state index contributed by atoms with van der Waals surface area (Å²) in [6, 6.07) is 16.9. The molecule has 7 heteroatoms. The van der Waals surface area contributed by atoms with Crippen molar-refractivity contribution >= 4 is 33.5 Å². The average molecular weight is 381 g/mol. The highest BCUT2D eigenvalue weighted by molar-refractivity contribution is 7.85. The van der Waals surface area contributed by atoms with Crippen molar-refractivity contribution < 1.29 is 13.8 Å². The van der Waals surface area contributed by atoms with Gasteiger partial charge < -0.3 is 11.1 Å². The van der Waals surface area contributed by atoms with Crippen LogP contribution < -0.4 is 11.1 Å². The van der Waals surface area contributed by atoms with E-state index < -0.39 is 28.7 Å². The Morgan fingerprint density at radius 3 is 2.48 bits per heavy atom. The highest BCUT2D eigenvalue weighted by atomic mass is 32.2. The lowest BCUT2D eigenvalue weighted by atomic mass is 10.1. The molecule has 3 aromatic rings. The minimum absolute atomic E-state index is 0.186. The normalized spacial score (nSPS) is 13.0. The SMILES string of the molecule is NC(=O)[C@@H](CC[S@](=O)c1ccccc1)NC(=O)c1ccnc2ccccc12. The summed E-state index contributed by atoms with van der Waals surface area (Å²) in [5.74, 6) is -0.857. The van der Waals surface area contributed by atoms with Crippen LogP contribution in [0.1, 0.15) is 16.8 Å². The van der Waals surface area contributed by atoms with Gasteiger partial charge in [0.25, 0.3) is 5.91 Å². The van der Waals surface area contributed by atoms with E-state index in [0.717, 1.165) is 0 Å². The summed E-state index contributed by atoms with van der Waals surface area (Å²) in [7, 11) is -1.27. The molecular formula is C20H19N3O3S. The van der Waals surface area contributed by atoms with Crippen LogP contribution in [0.2, 0.25) is 0 Å². The first-order chi connectivity index (χ1) is 13.1. The second kappa shape index (κ2) is 8.55. The maximum absolute atomic E-state index is 12.7. The number of carbonyl (C=O) groups excluding carboxylic acids is 2. The van der Waals surface area contributed by atoms with Crippen molar-refractivity contribution in [3.63, 3.8) is 0 Å². The molecule has 0 bridgehead atoms. The van der Waals surface area contributed by atoms with Crippen LogP contribution in [0.25, 0.3) is 10.9 Å². The number of rotatable bonds is 7. The van der Waals surface area contributed by atoms with E-state index in [2.05, 4.69) is 10.3 Å². The lowest BCUT2D eigenvalue weighted by Gasteiger charge is -2.16. The molecule has 1 heterocycles. The van der Waals surface area contributed by atoms with Gasteiger partial charge in [0, 0.05) is 22.2 Å². The Hall–Kier alpha value is -3.06. The quantitative estimate of drug-likeness (QED) is 0.653. The molecule has 0 spiro atoms. The number of para-hydroxylation sites is 1. The predicted molar refractivity (Wildman–Crippen MR) is 105 cm³/mol. The van der Waals surface area contributed by atoms with Gasteiger partial charge in [-0.15, -0.1) is 0 Å². The Kier molecular flexibility index (Phi) is 5.93. The molecule has 0 aliphatic rings. The molecule has 0 saturated heterocycles. The van der Waals surface area contributed by atoms with E-state index in [1.54, 1.807) is 48.7 Å². The zero-order chi connectivity index (χ0) is 19.2. The molecule has 0 saturated carbocycles. The highest BCUT2D eigenvalue weighted by Crippen LogP contribution is 2.16. The van der Waals surface area contributed by atoms with Gasteiger partial charge in [-0.2, -0.15) is 0 Å². The van der Waals surface area contributed by atoms with E-state index in [4.69, 9.17) is 5.73 Å². The Labute approximate surface area is 159 Å². The third-order valence-electron chi connectivity index (χ3n) is 4.14. The number of amides is 2. The lowest BCUT2D eigenvalue weighted by molar-refractivity contribution is -0.119. The number of carbonyl (C=O) groups is 2. The summed E-state index contributed by atoms with van der Waals surface area (Å²) in [5.41, 5.74) is 6.53. The van der Waals surface area contributed by atoms with Gasteiger partial charge in [0.05, 0.1) is 21.9 Å². The van der Waals surface area contributed by atoms with E-state index in [-0.39, 0.29) is 12.2 Å². The summed E-state index contributed by atoms with van der Waals surface area (Å²) in [6.07, 6.45) is 1.73. The van der Waals surface area contributed by atoms with E-state index in [1.165, 1.54) is 0 Å². The largest absolute Gasteiger partial charge is 0.368 e. The van der Waals surface area contributed by atoms with E-state index in [9.17, 15) is 13.8 Å². The topological polar surface area (TPSA) is 102 Å². The van der Waals surface area contributed by atoms with Gasteiger partial charge in [-0.25, -0.2) is 0 Å². The fourth-order valence-electron chi connectivity index (χ4n) is 2.73. The number of aromatic nitrogens is 1. The molecule has 3 N–H and O–H groups in total. The van der Waals surface area contributed by atoms with Gasteiger partial charge in [-0.1, -0.05) is 36.4 Å². The maximum Gasteiger partial charge on any atom is 0.252 e. The van der Waals surface area contributed by atoms with E-state index in [1.807, 2.05) is 18.2 Å². The van der Waals surface area contributed by atoms with Gasteiger partial charge in [0.15, 0.2) is 0 Å². The molecular weight excluding hydrogens is 362 g/mol. The van der Waals surface area contributed by atoms with Gasteiger partial charge in [0.2, 0.25) is 5.91 Å². The van der Waals surface area contributed by atoms with Crippen molar-refractivity contribution in [1.29, 1.82) is 0 Å². The first-order valence-corrected chi connectivity index (χ1v) is 9.75.